The lowest BCUT2D eigenvalue weighted by atomic mass is 10.5. The van der Waals surface area contributed by atoms with Crippen LogP contribution in [-0.2, 0) is 4.79 Å². The Morgan fingerprint density at radius 3 is 2.56 bits per heavy atom. The van der Waals surface area contributed by atoms with Gasteiger partial charge in [-0.05, 0) is 22.0 Å². The molecule has 6 nitrogen and oxygen atoms in total. The molecule has 0 saturated heterocycles. The largest absolute Gasteiger partial charge is 0.434 e. The first-order valence-corrected chi connectivity index (χ1v) is 5.42. The predicted molar refractivity (Wildman–Crippen MR) is 62.1 cm³/mol. The van der Waals surface area contributed by atoms with Crippen LogP contribution in [0.1, 0.15) is 6.92 Å². The van der Waals surface area contributed by atoms with Gasteiger partial charge in [0.25, 0.3) is 0 Å². The van der Waals surface area contributed by atoms with Crippen LogP contribution < -0.4 is 16.0 Å². The number of rotatable bonds is 4. The molecule has 0 aliphatic carbocycles. The number of nitrogens with one attached hydrogen (secondary N) is 3. The molecule has 0 aliphatic rings. The summed E-state index contributed by atoms with van der Waals surface area (Å²) in [6.45, 7) is 2.17. The molecule has 7 heteroatoms. The smallest absolute Gasteiger partial charge is 0.321 e. The van der Waals surface area contributed by atoms with Crippen molar-refractivity contribution in [3.8, 4) is 0 Å². The highest BCUT2D eigenvalue weighted by Crippen LogP contribution is 2.17. The molecule has 0 saturated carbocycles. The second-order valence-corrected chi connectivity index (χ2v) is 3.75. The van der Waals surface area contributed by atoms with E-state index in [0.717, 1.165) is 0 Å². The number of hydrogen-bond acceptors (Lipinski definition) is 3. The van der Waals surface area contributed by atoms with Gasteiger partial charge < -0.3 is 15.1 Å². The van der Waals surface area contributed by atoms with Gasteiger partial charge in [0.1, 0.15) is 0 Å². The summed E-state index contributed by atoms with van der Waals surface area (Å²) in [4.78, 5) is 21.8. The molecule has 0 unspecified atom stereocenters. The van der Waals surface area contributed by atoms with E-state index in [1.807, 2.05) is 0 Å². The number of carbonyl (C=O) groups excluding carboxylic acids is 2. The van der Waals surface area contributed by atoms with Crippen molar-refractivity contribution in [2.24, 2.45) is 0 Å². The summed E-state index contributed by atoms with van der Waals surface area (Å²) in [5.41, 5.74) is 0. The Morgan fingerprint density at radius 1 is 1.31 bits per heavy atom. The van der Waals surface area contributed by atoms with Crippen molar-refractivity contribution < 1.29 is 14.0 Å². The van der Waals surface area contributed by atoms with Crippen molar-refractivity contribution in [1.82, 2.24) is 10.6 Å². The van der Waals surface area contributed by atoms with Crippen LogP contribution in [0, 0.1) is 0 Å². The zero-order valence-electron chi connectivity index (χ0n) is 8.67. The molecule has 1 rings (SSSR count). The molecule has 1 aromatic heterocycles. The molecule has 0 bridgehead atoms. The van der Waals surface area contributed by atoms with Crippen LogP contribution in [0.4, 0.5) is 10.7 Å². The third-order valence-electron chi connectivity index (χ3n) is 1.59. The van der Waals surface area contributed by atoms with Crippen LogP contribution in [0.3, 0.4) is 0 Å². The molecule has 1 aromatic rings. The molecule has 3 N–H and O–H groups in total. The van der Waals surface area contributed by atoms with Gasteiger partial charge in [0.2, 0.25) is 11.8 Å². The number of carbonyl (C=O) groups is 2. The van der Waals surface area contributed by atoms with E-state index in [9.17, 15) is 9.59 Å². The van der Waals surface area contributed by atoms with Gasteiger partial charge in [-0.25, -0.2) is 4.79 Å². The molecular formula is C9H12BrN3O3. The van der Waals surface area contributed by atoms with Crippen molar-refractivity contribution in [2.45, 2.75) is 6.92 Å². The second kappa shape index (κ2) is 6.16. The summed E-state index contributed by atoms with van der Waals surface area (Å²) in [5, 5.41) is 7.60. The highest BCUT2D eigenvalue weighted by Gasteiger charge is 2.04. The summed E-state index contributed by atoms with van der Waals surface area (Å²) in [6, 6.07) is 2.91. The van der Waals surface area contributed by atoms with Gasteiger partial charge in [0.05, 0.1) is 0 Å². The van der Waals surface area contributed by atoms with Crippen LogP contribution in [0.5, 0.6) is 0 Å². The lowest BCUT2D eigenvalue weighted by Crippen LogP contribution is -2.35. The zero-order valence-corrected chi connectivity index (χ0v) is 10.3. The standard InChI is InChI=1S/C9H12BrN3O3/c1-6(14)11-4-5-12-9(15)13-8-3-2-7(10)16-8/h2-3H,4-5H2,1H3,(H,11,14)(H2,12,13,15). The maximum absolute atomic E-state index is 11.3. The Hall–Kier alpha value is -1.50. The van der Waals surface area contributed by atoms with Crippen LogP contribution in [0.25, 0.3) is 0 Å². The maximum atomic E-state index is 11.3. The van der Waals surface area contributed by atoms with Gasteiger partial charge in [0, 0.05) is 26.1 Å². The van der Waals surface area contributed by atoms with Crippen LogP contribution in [0.2, 0.25) is 0 Å². The normalized spacial score (nSPS) is 9.62. The minimum Gasteiger partial charge on any atom is -0.434 e. The highest BCUT2D eigenvalue weighted by molar-refractivity contribution is 9.10. The number of halogens is 1. The van der Waals surface area contributed by atoms with E-state index >= 15 is 0 Å². The van der Waals surface area contributed by atoms with Crippen LogP contribution in [-0.4, -0.2) is 25.0 Å². The third-order valence-corrected chi connectivity index (χ3v) is 2.02. The lowest BCUT2D eigenvalue weighted by Gasteiger charge is -2.05. The van der Waals surface area contributed by atoms with Crippen molar-refractivity contribution in [2.75, 3.05) is 18.4 Å². The van der Waals surface area contributed by atoms with E-state index in [-0.39, 0.29) is 11.9 Å². The number of urea groups is 1. The molecule has 3 amide bonds. The SMILES string of the molecule is CC(=O)NCCNC(=O)Nc1ccc(Br)o1. The number of hydrogen-bond donors (Lipinski definition) is 3. The van der Waals surface area contributed by atoms with E-state index in [0.29, 0.717) is 23.6 Å². The number of anilines is 1. The minimum absolute atomic E-state index is 0.128. The van der Waals surface area contributed by atoms with Crippen molar-refractivity contribution in [1.29, 1.82) is 0 Å². The minimum atomic E-state index is -0.382. The topological polar surface area (TPSA) is 83.4 Å². The quantitative estimate of drug-likeness (QED) is 0.731. The van der Waals surface area contributed by atoms with Gasteiger partial charge in [0.15, 0.2) is 4.67 Å². The molecule has 0 aromatic carbocycles. The Kier molecular flexibility index (Phi) is 4.84. The summed E-state index contributed by atoms with van der Waals surface area (Å²) < 4.78 is 5.62. The summed E-state index contributed by atoms with van der Waals surface area (Å²) >= 11 is 3.12. The molecule has 1 heterocycles. The molecule has 0 aliphatic heterocycles. The summed E-state index contributed by atoms with van der Waals surface area (Å²) in [7, 11) is 0. The van der Waals surface area contributed by atoms with Crippen molar-refractivity contribution in [3.05, 3.63) is 16.8 Å². The predicted octanol–water partition coefficient (Wildman–Crippen LogP) is 1.30. The van der Waals surface area contributed by atoms with Crippen LogP contribution in [0.15, 0.2) is 21.2 Å². The Morgan fingerprint density at radius 2 is 2.00 bits per heavy atom. The van der Waals surface area contributed by atoms with E-state index < -0.39 is 0 Å². The van der Waals surface area contributed by atoms with Gasteiger partial charge in [-0.3, -0.25) is 10.1 Å². The number of furan rings is 1. The first kappa shape index (κ1) is 12.6. The van der Waals surface area contributed by atoms with Crippen molar-refractivity contribution >= 4 is 33.8 Å². The molecule has 0 spiro atoms. The molecular weight excluding hydrogens is 278 g/mol. The molecule has 0 fully saturated rings. The first-order chi connectivity index (χ1) is 7.58. The van der Waals surface area contributed by atoms with Gasteiger partial charge in [-0.1, -0.05) is 0 Å². The summed E-state index contributed by atoms with van der Waals surface area (Å²) in [6.07, 6.45) is 0. The fourth-order valence-electron chi connectivity index (χ4n) is 0.952. The Balaban J connectivity index is 2.18. The number of amides is 3. The van der Waals surface area contributed by atoms with Crippen molar-refractivity contribution in [3.63, 3.8) is 0 Å². The third kappa shape index (κ3) is 4.83. The van der Waals surface area contributed by atoms with E-state index in [2.05, 4.69) is 31.9 Å². The highest BCUT2D eigenvalue weighted by atomic mass is 79.9. The first-order valence-electron chi connectivity index (χ1n) is 4.62. The Labute approximate surface area is 101 Å². The maximum Gasteiger partial charge on any atom is 0.321 e. The Bertz CT molecular complexity index is 378. The molecule has 0 radical (unpaired) electrons. The van der Waals surface area contributed by atoms with E-state index in [4.69, 9.17) is 4.42 Å². The monoisotopic (exact) mass is 289 g/mol. The fourth-order valence-corrected chi connectivity index (χ4v) is 1.26. The second-order valence-electron chi connectivity index (χ2n) is 2.97. The van der Waals surface area contributed by atoms with Gasteiger partial charge in [-0.15, -0.1) is 0 Å². The summed E-state index contributed by atoms with van der Waals surface area (Å²) in [5.74, 6) is 0.223. The van der Waals surface area contributed by atoms with E-state index in [1.165, 1.54) is 6.92 Å². The lowest BCUT2D eigenvalue weighted by molar-refractivity contribution is -0.118. The fraction of sp³-hybridized carbons (Fsp3) is 0.333. The molecule has 16 heavy (non-hydrogen) atoms. The van der Waals surface area contributed by atoms with Gasteiger partial charge >= 0.3 is 6.03 Å². The zero-order chi connectivity index (χ0) is 12.0. The van der Waals surface area contributed by atoms with E-state index in [1.54, 1.807) is 12.1 Å². The average molecular weight is 290 g/mol. The average Bonchev–Trinajstić information content (AvgIpc) is 2.58. The molecule has 88 valence electrons. The van der Waals surface area contributed by atoms with Crippen LogP contribution >= 0.6 is 15.9 Å². The molecule has 0 atom stereocenters. The van der Waals surface area contributed by atoms with Gasteiger partial charge in [-0.2, -0.15) is 0 Å².